The molecule has 0 aliphatic rings. The summed E-state index contributed by atoms with van der Waals surface area (Å²) >= 11 is 16.0. The first-order valence-corrected chi connectivity index (χ1v) is 5.33. The van der Waals surface area contributed by atoms with Crippen molar-refractivity contribution in [2.24, 2.45) is 0 Å². The van der Waals surface area contributed by atoms with Gasteiger partial charge in [0.2, 0.25) is 0 Å². The molecule has 1 aromatic rings. The van der Waals surface area contributed by atoms with Crippen molar-refractivity contribution in [2.75, 3.05) is 0 Å². The molecule has 0 N–H and O–H groups in total. The first-order chi connectivity index (χ1) is 4.63. The molecule has 0 saturated heterocycles. The minimum Gasteiger partial charge on any atom is -0.0827 e. The van der Waals surface area contributed by atoms with Gasteiger partial charge < -0.3 is 0 Å². The second-order valence-corrected chi connectivity index (χ2v) is 4.68. The van der Waals surface area contributed by atoms with E-state index in [2.05, 4.69) is 45.2 Å². The Balaban J connectivity index is 3.34. The van der Waals surface area contributed by atoms with E-state index in [1.165, 1.54) is 0 Å². The fourth-order valence-corrected chi connectivity index (χ4v) is 2.06. The van der Waals surface area contributed by atoms with Crippen molar-refractivity contribution in [1.29, 1.82) is 0 Å². The molecule has 0 aromatic heterocycles. The molecule has 0 aliphatic carbocycles. The number of halogens is 4. The lowest BCUT2D eigenvalue weighted by Gasteiger charge is -1.99. The Morgan fingerprint density at radius 2 is 1.70 bits per heavy atom. The van der Waals surface area contributed by atoms with E-state index in [4.69, 9.17) is 23.2 Å². The van der Waals surface area contributed by atoms with E-state index < -0.39 is 0 Å². The highest BCUT2D eigenvalue weighted by atomic mass is 127. The van der Waals surface area contributed by atoms with Crippen molar-refractivity contribution >= 4 is 68.4 Å². The number of hydrogen-bond acceptors (Lipinski definition) is 0. The van der Waals surface area contributed by atoms with E-state index in [0.717, 1.165) is 7.14 Å². The largest absolute Gasteiger partial charge is 0.0827 e. The zero-order valence-corrected chi connectivity index (χ0v) is 10.5. The second-order valence-electron chi connectivity index (χ2n) is 1.66. The van der Waals surface area contributed by atoms with Gasteiger partial charge in [-0.05, 0) is 57.3 Å². The molecule has 0 saturated carbocycles. The maximum absolute atomic E-state index is 5.84. The van der Waals surface area contributed by atoms with Gasteiger partial charge in [0.05, 0.1) is 10.0 Å². The normalized spacial score (nSPS) is 10.0. The lowest BCUT2D eigenvalue weighted by atomic mass is 10.4. The quantitative estimate of drug-likeness (QED) is 0.349. The summed E-state index contributed by atoms with van der Waals surface area (Å²) in [5.74, 6) is 0. The van der Waals surface area contributed by atoms with Gasteiger partial charge in [0.1, 0.15) is 0 Å². The van der Waals surface area contributed by atoms with Gasteiger partial charge >= 0.3 is 0 Å². The van der Waals surface area contributed by atoms with E-state index in [1.807, 2.05) is 6.07 Å². The molecule has 0 atom stereocenters. The Morgan fingerprint density at radius 3 is 2.20 bits per heavy atom. The molecule has 0 spiro atoms. The highest BCUT2D eigenvalue weighted by Gasteiger charge is 2.04. The van der Waals surface area contributed by atoms with Crippen LogP contribution >= 0.6 is 68.4 Å². The molecule has 0 unspecified atom stereocenters. The van der Waals surface area contributed by atoms with Crippen LogP contribution in [0.4, 0.5) is 0 Å². The van der Waals surface area contributed by atoms with Crippen LogP contribution in [-0.2, 0) is 0 Å². The van der Waals surface area contributed by atoms with Gasteiger partial charge in [-0.25, -0.2) is 0 Å². The van der Waals surface area contributed by atoms with Gasteiger partial charge in [-0.15, -0.1) is 0 Å². The fraction of sp³-hybridized carbons (Fsp3) is 0. The third-order valence-corrected chi connectivity index (χ3v) is 5.16. The van der Waals surface area contributed by atoms with Crippen LogP contribution in [-0.4, -0.2) is 0 Å². The lowest BCUT2D eigenvalue weighted by Crippen LogP contribution is -1.80. The molecule has 0 radical (unpaired) electrons. The van der Waals surface area contributed by atoms with Gasteiger partial charge in [-0.1, -0.05) is 23.2 Å². The number of rotatable bonds is 0. The molecule has 1 aromatic carbocycles. The Bertz CT molecular complexity index is 233. The number of benzene rings is 1. The predicted molar refractivity (Wildman–Crippen MR) is 61.9 cm³/mol. The summed E-state index contributed by atoms with van der Waals surface area (Å²) in [5, 5.41) is 1.26. The van der Waals surface area contributed by atoms with E-state index in [9.17, 15) is 0 Å². The van der Waals surface area contributed by atoms with Crippen LogP contribution in [0.3, 0.4) is 0 Å². The van der Waals surface area contributed by atoms with Crippen LogP contribution < -0.4 is 0 Å². The molecule has 0 amide bonds. The van der Waals surface area contributed by atoms with Crippen LogP contribution in [0.25, 0.3) is 0 Å². The molecule has 0 aliphatic heterocycles. The summed E-state index contributed by atoms with van der Waals surface area (Å²) in [6, 6.07) is 3.74. The predicted octanol–water partition coefficient (Wildman–Crippen LogP) is 4.20. The maximum Gasteiger partial charge on any atom is 0.0736 e. The van der Waals surface area contributed by atoms with E-state index in [0.29, 0.717) is 10.0 Å². The average molecular weight is 399 g/mol. The SMILES string of the molecule is Clc1ccc(I)c(I)c1Cl. The first-order valence-electron chi connectivity index (χ1n) is 2.42. The van der Waals surface area contributed by atoms with Gasteiger partial charge in [0, 0.05) is 7.14 Å². The highest BCUT2D eigenvalue weighted by Crippen LogP contribution is 2.30. The van der Waals surface area contributed by atoms with E-state index in [1.54, 1.807) is 6.07 Å². The molecule has 0 heterocycles. The van der Waals surface area contributed by atoms with Gasteiger partial charge in [0.25, 0.3) is 0 Å². The van der Waals surface area contributed by atoms with Crippen LogP contribution in [0.1, 0.15) is 0 Å². The second kappa shape index (κ2) is 3.78. The van der Waals surface area contributed by atoms with Gasteiger partial charge in [0.15, 0.2) is 0 Å². The minimum atomic E-state index is 0.617. The monoisotopic (exact) mass is 398 g/mol. The van der Waals surface area contributed by atoms with E-state index in [-0.39, 0.29) is 0 Å². The maximum atomic E-state index is 5.84. The third-order valence-electron chi connectivity index (χ3n) is 0.988. The molecular weight excluding hydrogens is 397 g/mol. The molecule has 54 valence electrons. The van der Waals surface area contributed by atoms with Crippen LogP contribution in [0.2, 0.25) is 10.0 Å². The molecular formula is C6H2Cl2I2. The zero-order chi connectivity index (χ0) is 7.72. The van der Waals surface area contributed by atoms with Crippen molar-refractivity contribution < 1.29 is 0 Å². The minimum absolute atomic E-state index is 0.617. The molecule has 10 heavy (non-hydrogen) atoms. The summed E-state index contributed by atoms with van der Waals surface area (Å²) < 4.78 is 2.15. The van der Waals surface area contributed by atoms with Crippen LogP contribution in [0.15, 0.2) is 12.1 Å². The summed E-state index contributed by atoms with van der Waals surface area (Å²) in [5.41, 5.74) is 0. The van der Waals surface area contributed by atoms with Gasteiger partial charge in [-0.2, -0.15) is 0 Å². The Kier molecular flexibility index (Phi) is 3.53. The average Bonchev–Trinajstić information content (AvgIpc) is 1.93. The summed E-state index contributed by atoms with van der Waals surface area (Å²) in [4.78, 5) is 0. The lowest BCUT2D eigenvalue weighted by molar-refractivity contribution is 1.58. The highest BCUT2D eigenvalue weighted by molar-refractivity contribution is 14.1. The van der Waals surface area contributed by atoms with Gasteiger partial charge in [-0.3, -0.25) is 0 Å². The molecule has 1 rings (SSSR count). The topological polar surface area (TPSA) is 0 Å². The Morgan fingerprint density at radius 1 is 1.10 bits per heavy atom. The van der Waals surface area contributed by atoms with Crippen molar-refractivity contribution in [2.45, 2.75) is 0 Å². The third kappa shape index (κ3) is 1.89. The van der Waals surface area contributed by atoms with Crippen molar-refractivity contribution in [1.82, 2.24) is 0 Å². The van der Waals surface area contributed by atoms with Crippen molar-refractivity contribution in [3.05, 3.63) is 29.3 Å². The Hall–Kier alpha value is 1.26. The molecule has 0 nitrogen and oxygen atoms in total. The zero-order valence-electron chi connectivity index (χ0n) is 4.67. The smallest absolute Gasteiger partial charge is 0.0736 e. The summed E-state index contributed by atoms with van der Waals surface area (Å²) in [6.45, 7) is 0. The van der Waals surface area contributed by atoms with E-state index >= 15 is 0 Å². The molecule has 4 heteroatoms. The van der Waals surface area contributed by atoms with Crippen LogP contribution in [0.5, 0.6) is 0 Å². The Labute approximate surface area is 96.6 Å². The fourth-order valence-electron chi connectivity index (χ4n) is 0.502. The number of hydrogen-bond donors (Lipinski definition) is 0. The summed E-state index contributed by atoms with van der Waals surface area (Å²) in [6.07, 6.45) is 0. The van der Waals surface area contributed by atoms with Crippen molar-refractivity contribution in [3.63, 3.8) is 0 Å². The first kappa shape index (κ1) is 9.35. The molecule has 0 fully saturated rings. The molecule has 0 bridgehead atoms. The summed E-state index contributed by atoms with van der Waals surface area (Å²) in [7, 11) is 0. The standard InChI is InChI=1S/C6H2Cl2I2/c7-3-1-2-4(9)6(10)5(3)8/h1-2H. The van der Waals surface area contributed by atoms with Crippen LogP contribution in [0, 0.1) is 7.14 Å². The van der Waals surface area contributed by atoms with Crippen molar-refractivity contribution in [3.8, 4) is 0 Å².